The summed E-state index contributed by atoms with van der Waals surface area (Å²) in [6.07, 6.45) is 0.851. The Morgan fingerprint density at radius 2 is 1.61 bits per heavy atom. The van der Waals surface area contributed by atoms with E-state index in [1.165, 1.54) is 0 Å². The molecule has 0 aliphatic heterocycles. The standard InChI is InChI=1S/C19H36N8O6/c1-3-10(2)15(18(33)25-9-14(29)30)27-17(32)12(6-7-13(21)28)26-16(31)11(20)5-4-8-24-19(22)23/h10-12,15H,3-9,20H2,1-2H3,(H2,21,28)(H,25,33)(H,26,31)(H,27,32)(H,29,30)(H4,22,23,24). The molecular weight excluding hydrogens is 436 g/mol. The maximum absolute atomic E-state index is 12.9. The van der Waals surface area contributed by atoms with E-state index in [1.807, 2.05) is 0 Å². The maximum Gasteiger partial charge on any atom is 0.322 e. The van der Waals surface area contributed by atoms with Gasteiger partial charge in [0.1, 0.15) is 18.6 Å². The predicted molar refractivity (Wildman–Crippen MR) is 120 cm³/mol. The second-order valence-electron chi connectivity index (χ2n) is 7.60. The van der Waals surface area contributed by atoms with Crippen LogP contribution in [0.15, 0.2) is 4.99 Å². The van der Waals surface area contributed by atoms with Gasteiger partial charge in [-0.1, -0.05) is 20.3 Å². The number of nitrogens with two attached hydrogens (primary N) is 4. The number of primary amides is 1. The molecule has 4 amide bonds. The van der Waals surface area contributed by atoms with E-state index < -0.39 is 54.3 Å². The first-order valence-electron chi connectivity index (χ1n) is 10.6. The second-order valence-corrected chi connectivity index (χ2v) is 7.60. The number of carbonyl (C=O) groups is 5. The van der Waals surface area contributed by atoms with Crippen molar-refractivity contribution in [2.75, 3.05) is 13.1 Å². The molecule has 188 valence electrons. The Balaban J connectivity index is 5.27. The SMILES string of the molecule is CCC(C)C(NC(=O)C(CCC(N)=O)NC(=O)C(N)CCCN=C(N)N)C(=O)NCC(=O)O. The zero-order valence-electron chi connectivity index (χ0n) is 19.0. The molecule has 0 aromatic carbocycles. The van der Waals surface area contributed by atoms with E-state index >= 15 is 0 Å². The van der Waals surface area contributed by atoms with Crippen LogP contribution in [-0.2, 0) is 24.0 Å². The van der Waals surface area contributed by atoms with Crippen LogP contribution in [0.3, 0.4) is 0 Å². The highest BCUT2D eigenvalue weighted by atomic mass is 16.4. The van der Waals surface area contributed by atoms with Gasteiger partial charge in [-0.25, -0.2) is 0 Å². The predicted octanol–water partition coefficient (Wildman–Crippen LogP) is -3.15. The fourth-order valence-electron chi connectivity index (χ4n) is 2.71. The molecule has 4 atom stereocenters. The number of aliphatic imine (C=N–C) groups is 1. The van der Waals surface area contributed by atoms with Crippen LogP contribution in [0, 0.1) is 5.92 Å². The third-order valence-electron chi connectivity index (χ3n) is 4.82. The van der Waals surface area contributed by atoms with Gasteiger partial charge in [0.05, 0.1) is 6.04 Å². The number of carboxylic acid groups (broad SMARTS) is 1. The van der Waals surface area contributed by atoms with Gasteiger partial charge < -0.3 is 44.0 Å². The van der Waals surface area contributed by atoms with Gasteiger partial charge in [0.25, 0.3) is 0 Å². The summed E-state index contributed by atoms with van der Waals surface area (Å²) < 4.78 is 0. The molecule has 14 heteroatoms. The van der Waals surface area contributed by atoms with E-state index in [0.717, 1.165) is 0 Å². The van der Waals surface area contributed by atoms with Crippen LogP contribution in [-0.4, -0.2) is 71.9 Å². The van der Waals surface area contributed by atoms with Gasteiger partial charge in [-0.2, -0.15) is 0 Å². The van der Waals surface area contributed by atoms with E-state index in [1.54, 1.807) is 13.8 Å². The third-order valence-corrected chi connectivity index (χ3v) is 4.82. The molecule has 0 aromatic heterocycles. The molecule has 0 aliphatic carbocycles. The lowest BCUT2D eigenvalue weighted by atomic mass is 9.97. The molecule has 0 rings (SSSR count). The van der Waals surface area contributed by atoms with Crippen molar-refractivity contribution < 1.29 is 29.1 Å². The monoisotopic (exact) mass is 472 g/mol. The molecule has 0 radical (unpaired) electrons. The van der Waals surface area contributed by atoms with Gasteiger partial charge in [-0.3, -0.25) is 29.0 Å². The first-order chi connectivity index (χ1) is 15.4. The first-order valence-corrected chi connectivity index (χ1v) is 10.6. The number of hydrogen-bond donors (Lipinski definition) is 8. The van der Waals surface area contributed by atoms with E-state index in [9.17, 15) is 24.0 Å². The molecule has 0 spiro atoms. The van der Waals surface area contributed by atoms with E-state index in [4.69, 9.17) is 28.0 Å². The molecule has 0 heterocycles. The highest BCUT2D eigenvalue weighted by Gasteiger charge is 2.30. The number of amides is 4. The summed E-state index contributed by atoms with van der Waals surface area (Å²) >= 11 is 0. The fourth-order valence-corrected chi connectivity index (χ4v) is 2.71. The van der Waals surface area contributed by atoms with Gasteiger partial charge in [0.2, 0.25) is 23.6 Å². The van der Waals surface area contributed by atoms with Gasteiger partial charge in [-0.15, -0.1) is 0 Å². The topological polar surface area (TPSA) is 258 Å². The van der Waals surface area contributed by atoms with Crippen LogP contribution in [0.4, 0.5) is 0 Å². The number of carboxylic acids is 1. The number of aliphatic carboxylic acids is 1. The smallest absolute Gasteiger partial charge is 0.322 e. The Kier molecular flexibility index (Phi) is 13.8. The van der Waals surface area contributed by atoms with Crippen LogP contribution < -0.4 is 38.9 Å². The van der Waals surface area contributed by atoms with Crippen molar-refractivity contribution in [3.63, 3.8) is 0 Å². The first kappa shape index (κ1) is 29.6. The van der Waals surface area contributed by atoms with E-state index in [2.05, 4.69) is 20.9 Å². The van der Waals surface area contributed by atoms with Crippen LogP contribution in [0.2, 0.25) is 0 Å². The third kappa shape index (κ3) is 12.9. The summed E-state index contributed by atoms with van der Waals surface area (Å²) in [6, 6.07) is -3.21. The Bertz CT molecular complexity index is 725. The molecular formula is C19H36N8O6. The average molecular weight is 473 g/mol. The number of hydrogen-bond acceptors (Lipinski definition) is 7. The van der Waals surface area contributed by atoms with Crippen molar-refractivity contribution in [1.29, 1.82) is 0 Å². The molecule has 0 bridgehead atoms. The van der Waals surface area contributed by atoms with Crippen LogP contribution in [0.1, 0.15) is 46.0 Å². The van der Waals surface area contributed by atoms with Gasteiger partial charge >= 0.3 is 5.97 Å². The summed E-state index contributed by atoms with van der Waals surface area (Å²) in [5, 5.41) is 16.0. The summed E-state index contributed by atoms with van der Waals surface area (Å²) in [7, 11) is 0. The Morgan fingerprint density at radius 3 is 2.12 bits per heavy atom. The Hall–Kier alpha value is -3.42. The Labute approximate surface area is 192 Å². The van der Waals surface area contributed by atoms with Crippen molar-refractivity contribution in [3.8, 4) is 0 Å². The molecule has 4 unspecified atom stereocenters. The van der Waals surface area contributed by atoms with Crippen molar-refractivity contribution in [1.82, 2.24) is 16.0 Å². The molecule has 0 aromatic rings. The maximum atomic E-state index is 12.9. The van der Waals surface area contributed by atoms with E-state index in [0.29, 0.717) is 12.8 Å². The largest absolute Gasteiger partial charge is 0.480 e. The molecule has 33 heavy (non-hydrogen) atoms. The van der Waals surface area contributed by atoms with Gasteiger partial charge in [0.15, 0.2) is 5.96 Å². The Morgan fingerprint density at radius 1 is 0.970 bits per heavy atom. The van der Waals surface area contributed by atoms with Crippen LogP contribution >= 0.6 is 0 Å². The van der Waals surface area contributed by atoms with E-state index in [-0.39, 0.29) is 37.7 Å². The van der Waals surface area contributed by atoms with Crippen LogP contribution in [0.25, 0.3) is 0 Å². The summed E-state index contributed by atoms with van der Waals surface area (Å²) in [6.45, 7) is 3.16. The molecule has 0 aliphatic rings. The quantitative estimate of drug-likeness (QED) is 0.0639. The van der Waals surface area contributed by atoms with Crippen molar-refractivity contribution >= 4 is 35.6 Å². The number of rotatable bonds is 16. The minimum atomic E-state index is -1.24. The van der Waals surface area contributed by atoms with Gasteiger partial charge in [0, 0.05) is 13.0 Å². The zero-order valence-corrected chi connectivity index (χ0v) is 19.0. The summed E-state index contributed by atoms with van der Waals surface area (Å²) in [5.41, 5.74) is 21.5. The van der Waals surface area contributed by atoms with Gasteiger partial charge in [-0.05, 0) is 25.2 Å². The lowest BCUT2D eigenvalue weighted by molar-refractivity contribution is -0.139. The summed E-state index contributed by atoms with van der Waals surface area (Å²) in [4.78, 5) is 63.4. The number of nitrogens with one attached hydrogen (secondary N) is 3. The van der Waals surface area contributed by atoms with Crippen molar-refractivity contribution in [2.45, 2.75) is 64.1 Å². The summed E-state index contributed by atoms with van der Waals surface area (Å²) in [5.74, 6) is -4.39. The molecule has 14 nitrogen and oxygen atoms in total. The fraction of sp³-hybridized carbons (Fsp3) is 0.684. The molecule has 0 fully saturated rings. The number of carbonyl (C=O) groups excluding carboxylic acids is 4. The second kappa shape index (κ2) is 15.4. The molecule has 12 N–H and O–H groups in total. The zero-order chi connectivity index (χ0) is 25.6. The minimum Gasteiger partial charge on any atom is -0.480 e. The molecule has 0 saturated carbocycles. The average Bonchev–Trinajstić information content (AvgIpc) is 2.74. The normalized spacial score (nSPS) is 14.2. The van der Waals surface area contributed by atoms with Crippen molar-refractivity contribution in [2.24, 2.45) is 33.8 Å². The number of nitrogens with zero attached hydrogens (tertiary/aromatic N) is 1. The van der Waals surface area contributed by atoms with Crippen molar-refractivity contribution in [3.05, 3.63) is 0 Å². The highest BCUT2D eigenvalue weighted by molar-refractivity contribution is 5.94. The lowest BCUT2D eigenvalue weighted by Crippen LogP contribution is -2.57. The minimum absolute atomic E-state index is 0.0838. The number of guanidine groups is 1. The van der Waals surface area contributed by atoms with Crippen LogP contribution in [0.5, 0.6) is 0 Å². The molecule has 0 saturated heterocycles. The lowest BCUT2D eigenvalue weighted by Gasteiger charge is -2.26. The highest BCUT2D eigenvalue weighted by Crippen LogP contribution is 2.10.